The maximum absolute atomic E-state index is 11.0. The number of fused-ring (bicyclic) bond motifs is 1. The Morgan fingerprint density at radius 2 is 1.88 bits per heavy atom. The third kappa shape index (κ3) is 4.55. The van der Waals surface area contributed by atoms with Gasteiger partial charge in [-0.3, -0.25) is 0 Å². The van der Waals surface area contributed by atoms with Crippen LogP contribution in [0, 0.1) is 0 Å². The van der Waals surface area contributed by atoms with E-state index in [1.54, 1.807) is 11.3 Å². The van der Waals surface area contributed by atoms with Crippen LogP contribution in [-0.4, -0.2) is 30.6 Å². The number of hydrogen-bond donors (Lipinski definition) is 1. The molecule has 0 fully saturated rings. The molecular weight excluding hydrogens is 381 g/mol. The van der Waals surface area contributed by atoms with Crippen LogP contribution in [0.15, 0.2) is 67.3 Å². The fourth-order valence-corrected chi connectivity index (χ4v) is 6.35. The standard InChI is InChI=1S/C20H21NOSSe/c1-2-13-20(22,14-12-16-8-4-3-5-9-16)15-24-19-21-17-10-6-7-11-18(17)23-19/h2-11,22H,1,12-15H2. The number of aliphatic hydroxyl groups is 1. The molecule has 124 valence electrons. The number of hydrogen-bond acceptors (Lipinski definition) is 3. The molecule has 0 saturated carbocycles. The summed E-state index contributed by atoms with van der Waals surface area (Å²) in [6.07, 6.45) is 4.11. The predicted octanol–water partition coefficient (Wildman–Crippen LogP) is 3.98. The molecule has 1 unspecified atom stereocenters. The zero-order chi connectivity index (χ0) is 16.8. The fraction of sp³-hybridized carbons (Fsp3) is 0.250. The first kappa shape index (κ1) is 17.4. The Labute approximate surface area is 153 Å². The van der Waals surface area contributed by atoms with Crippen molar-refractivity contribution < 1.29 is 5.11 Å². The van der Waals surface area contributed by atoms with E-state index >= 15 is 0 Å². The van der Waals surface area contributed by atoms with E-state index in [0.29, 0.717) is 6.42 Å². The van der Waals surface area contributed by atoms with Gasteiger partial charge in [-0.25, -0.2) is 0 Å². The molecule has 24 heavy (non-hydrogen) atoms. The molecule has 1 heterocycles. The number of rotatable bonds is 8. The van der Waals surface area contributed by atoms with Gasteiger partial charge in [-0.05, 0) is 0 Å². The van der Waals surface area contributed by atoms with Crippen molar-refractivity contribution >= 4 is 40.4 Å². The van der Waals surface area contributed by atoms with Gasteiger partial charge in [0.1, 0.15) is 0 Å². The van der Waals surface area contributed by atoms with Crippen molar-refractivity contribution in [3.8, 4) is 0 Å². The topological polar surface area (TPSA) is 33.1 Å². The van der Waals surface area contributed by atoms with Crippen LogP contribution in [0.5, 0.6) is 0 Å². The third-order valence-electron chi connectivity index (χ3n) is 3.98. The Hall–Kier alpha value is -1.45. The summed E-state index contributed by atoms with van der Waals surface area (Å²) in [6.45, 7) is 3.82. The second-order valence-corrected chi connectivity index (χ2v) is 9.58. The van der Waals surface area contributed by atoms with Gasteiger partial charge < -0.3 is 0 Å². The van der Waals surface area contributed by atoms with E-state index in [9.17, 15) is 5.11 Å². The average Bonchev–Trinajstić information content (AvgIpc) is 3.03. The first-order chi connectivity index (χ1) is 11.7. The molecule has 1 N–H and O–H groups in total. The first-order valence-corrected chi connectivity index (χ1v) is 10.9. The van der Waals surface area contributed by atoms with E-state index in [4.69, 9.17) is 4.98 Å². The second kappa shape index (κ2) is 8.08. The van der Waals surface area contributed by atoms with Crippen molar-refractivity contribution in [2.75, 3.05) is 0 Å². The normalized spacial score (nSPS) is 13.7. The van der Waals surface area contributed by atoms with Gasteiger partial charge in [-0.2, -0.15) is 0 Å². The third-order valence-corrected chi connectivity index (χ3v) is 8.09. The number of benzene rings is 2. The van der Waals surface area contributed by atoms with Crippen LogP contribution >= 0.6 is 11.3 Å². The molecular formula is C20H21NOSSe. The Balaban J connectivity index is 1.64. The molecule has 3 aromatic rings. The van der Waals surface area contributed by atoms with E-state index in [-0.39, 0.29) is 15.0 Å². The van der Waals surface area contributed by atoms with E-state index < -0.39 is 5.60 Å². The zero-order valence-electron chi connectivity index (χ0n) is 13.5. The van der Waals surface area contributed by atoms with E-state index in [2.05, 4.69) is 30.8 Å². The number of thiazole rings is 1. The molecule has 4 heteroatoms. The van der Waals surface area contributed by atoms with Crippen LogP contribution in [0.25, 0.3) is 10.2 Å². The summed E-state index contributed by atoms with van der Waals surface area (Å²) < 4.78 is 2.39. The van der Waals surface area contributed by atoms with Crippen LogP contribution in [0.2, 0.25) is 5.32 Å². The molecule has 2 aromatic carbocycles. The van der Waals surface area contributed by atoms with Gasteiger partial charge in [0.25, 0.3) is 0 Å². The van der Waals surface area contributed by atoms with Gasteiger partial charge in [0, 0.05) is 0 Å². The Morgan fingerprint density at radius 3 is 2.62 bits per heavy atom. The van der Waals surface area contributed by atoms with Crippen LogP contribution in [0.4, 0.5) is 0 Å². The number of aromatic nitrogens is 1. The SMILES string of the molecule is C=CCC(O)(CCc1ccccc1)C[Se]c1nc2ccccc2s1. The average molecular weight is 402 g/mol. The second-order valence-electron chi connectivity index (χ2n) is 5.94. The summed E-state index contributed by atoms with van der Waals surface area (Å²) in [6, 6.07) is 18.6. The quantitative estimate of drug-likeness (QED) is 0.457. The van der Waals surface area contributed by atoms with E-state index in [0.717, 1.165) is 27.6 Å². The summed E-state index contributed by atoms with van der Waals surface area (Å²) in [7, 11) is 0. The summed E-state index contributed by atoms with van der Waals surface area (Å²) >= 11 is 1.93. The summed E-state index contributed by atoms with van der Waals surface area (Å²) in [5.74, 6) is 0. The number of nitrogens with zero attached hydrogens (tertiary/aromatic N) is 1. The molecule has 0 aliphatic rings. The molecule has 0 aliphatic heterocycles. The van der Waals surface area contributed by atoms with Crippen LogP contribution in [0.3, 0.4) is 0 Å². The summed E-state index contributed by atoms with van der Waals surface area (Å²) in [4.78, 5) is 4.70. The Kier molecular flexibility index (Phi) is 5.85. The first-order valence-electron chi connectivity index (χ1n) is 8.04. The number of para-hydroxylation sites is 1. The summed E-state index contributed by atoms with van der Waals surface area (Å²) in [5, 5.41) is 11.8. The molecule has 2 nitrogen and oxygen atoms in total. The van der Waals surface area contributed by atoms with Crippen molar-refractivity contribution in [1.82, 2.24) is 4.98 Å². The van der Waals surface area contributed by atoms with Gasteiger partial charge in [-0.1, -0.05) is 0 Å². The number of aryl methyl sites for hydroxylation is 1. The molecule has 0 spiro atoms. The van der Waals surface area contributed by atoms with E-state index in [1.165, 1.54) is 10.3 Å². The summed E-state index contributed by atoms with van der Waals surface area (Å²) in [5.41, 5.74) is 1.65. The van der Waals surface area contributed by atoms with Crippen molar-refractivity contribution in [3.63, 3.8) is 0 Å². The van der Waals surface area contributed by atoms with Crippen molar-refractivity contribution in [2.24, 2.45) is 0 Å². The minimum atomic E-state index is -0.685. The van der Waals surface area contributed by atoms with Gasteiger partial charge in [0.15, 0.2) is 0 Å². The van der Waals surface area contributed by atoms with Crippen LogP contribution in [0.1, 0.15) is 18.4 Å². The predicted molar refractivity (Wildman–Crippen MR) is 104 cm³/mol. The van der Waals surface area contributed by atoms with E-state index in [1.807, 2.05) is 36.4 Å². The van der Waals surface area contributed by atoms with Gasteiger partial charge in [-0.15, -0.1) is 0 Å². The molecule has 0 saturated heterocycles. The van der Waals surface area contributed by atoms with Crippen molar-refractivity contribution in [1.29, 1.82) is 0 Å². The molecule has 0 amide bonds. The minimum absolute atomic E-state index is 0.179. The molecule has 1 aromatic heterocycles. The van der Waals surface area contributed by atoms with Crippen molar-refractivity contribution in [2.45, 2.75) is 30.2 Å². The van der Waals surface area contributed by atoms with Gasteiger partial charge in [0.2, 0.25) is 0 Å². The van der Waals surface area contributed by atoms with Crippen molar-refractivity contribution in [3.05, 3.63) is 72.8 Å². The molecule has 0 radical (unpaired) electrons. The van der Waals surface area contributed by atoms with Gasteiger partial charge in [0.05, 0.1) is 0 Å². The zero-order valence-corrected chi connectivity index (χ0v) is 16.0. The molecule has 0 bridgehead atoms. The maximum atomic E-state index is 11.0. The monoisotopic (exact) mass is 403 g/mol. The Morgan fingerprint density at radius 1 is 1.12 bits per heavy atom. The Bertz CT molecular complexity index is 769. The van der Waals surface area contributed by atoms with Gasteiger partial charge >= 0.3 is 154 Å². The molecule has 0 aliphatic carbocycles. The van der Waals surface area contributed by atoms with Crippen LogP contribution in [-0.2, 0) is 6.42 Å². The van der Waals surface area contributed by atoms with Crippen LogP contribution < -0.4 is 3.91 Å². The molecule has 3 rings (SSSR count). The fourth-order valence-electron chi connectivity index (χ4n) is 2.63. The molecule has 1 atom stereocenters.